The zero-order valence-corrected chi connectivity index (χ0v) is 18.9. The summed E-state index contributed by atoms with van der Waals surface area (Å²) in [6.45, 7) is 6.85. The summed E-state index contributed by atoms with van der Waals surface area (Å²) < 4.78 is 6.80. The van der Waals surface area contributed by atoms with Crippen molar-refractivity contribution in [2.45, 2.75) is 95.8 Å². The number of nitrogens with one attached hydrogen (secondary N) is 1. The second kappa shape index (κ2) is 8.23. The summed E-state index contributed by atoms with van der Waals surface area (Å²) in [5, 5.41) is 4.32. The fraction of sp³-hybridized carbons (Fsp3) is 0.720. The van der Waals surface area contributed by atoms with Gasteiger partial charge < -0.3 is 10.1 Å². The summed E-state index contributed by atoms with van der Waals surface area (Å²) in [5.41, 5.74) is 0.747. The van der Waals surface area contributed by atoms with Crippen LogP contribution in [0.25, 0.3) is 0 Å². The number of amides is 1. The molecule has 1 saturated heterocycles. The first-order valence-electron chi connectivity index (χ1n) is 11.5. The molecule has 29 heavy (non-hydrogen) atoms. The van der Waals surface area contributed by atoms with Gasteiger partial charge in [0, 0.05) is 28.8 Å². The molecule has 3 nitrogen and oxygen atoms in total. The Kier molecular flexibility index (Phi) is 6.01. The third-order valence-electron chi connectivity index (χ3n) is 7.68. The van der Waals surface area contributed by atoms with Crippen molar-refractivity contribution in [3.05, 3.63) is 34.9 Å². The molecule has 5 atom stereocenters. The highest BCUT2D eigenvalue weighted by Crippen LogP contribution is 2.48. The molecule has 2 saturated carbocycles. The maximum atomic E-state index is 13.1. The average molecular weight is 418 g/mol. The zero-order chi connectivity index (χ0) is 20.6. The predicted octanol–water partition coefficient (Wildman–Crippen LogP) is 5.93. The number of hydrogen-bond acceptors (Lipinski definition) is 2. The van der Waals surface area contributed by atoms with E-state index in [1.54, 1.807) is 0 Å². The molecular formula is C25H36ClNO2. The lowest BCUT2D eigenvalue weighted by atomic mass is 9.64. The van der Waals surface area contributed by atoms with Crippen LogP contribution < -0.4 is 5.32 Å². The van der Waals surface area contributed by atoms with E-state index in [1.807, 2.05) is 12.1 Å². The van der Waals surface area contributed by atoms with Crippen molar-refractivity contribution < 1.29 is 9.53 Å². The quantitative estimate of drug-likeness (QED) is 0.659. The normalized spacial score (nSPS) is 37.9. The van der Waals surface area contributed by atoms with E-state index in [1.165, 1.54) is 24.8 Å². The molecule has 4 heteroatoms. The van der Waals surface area contributed by atoms with E-state index in [0.717, 1.165) is 43.5 Å². The summed E-state index contributed by atoms with van der Waals surface area (Å²) in [7, 11) is 0. The minimum absolute atomic E-state index is 0.204. The van der Waals surface area contributed by atoms with E-state index in [4.69, 9.17) is 16.3 Å². The van der Waals surface area contributed by atoms with Gasteiger partial charge in [-0.25, -0.2) is 0 Å². The Hall–Kier alpha value is -1.06. The highest BCUT2D eigenvalue weighted by atomic mass is 35.5. The van der Waals surface area contributed by atoms with Gasteiger partial charge in [-0.1, -0.05) is 49.9 Å². The fourth-order valence-electron chi connectivity index (χ4n) is 6.35. The van der Waals surface area contributed by atoms with Crippen LogP contribution in [-0.4, -0.2) is 23.2 Å². The first kappa shape index (κ1) is 21.2. The Balaban J connectivity index is 1.57. The molecule has 0 bridgehead atoms. The number of halogens is 1. The molecule has 1 aliphatic heterocycles. The van der Waals surface area contributed by atoms with Crippen LogP contribution in [0.2, 0.25) is 5.02 Å². The molecule has 0 radical (unpaired) electrons. The molecule has 160 valence electrons. The number of carbonyl (C=O) groups excluding carboxylic acids is 1. The molecule has 0 spiro atoms. The molecule has 1 aromatic carbocycles. The van der Waals surface area contributed by atoms with Gasteiger partial charge in [0.25, 0.3) is 0 Å². The van der Waals surface area contributed by atoms with Crippen molar-refractivity contribution in [3.8, 4) is 0 Å². The molecule has 1 amide bonds. The van der Waals surface area contributed by atoms with E-state index < -0.39 is 0 Å². The van der Waals surface area contributed by atoms with Crippen molar-refractivity contribution in [2.75, 3.05) is 0 Å². The van der Waals surface area contributed by atoms with Gasteiger partial charge in [-0.15, -0.1) is 0 Å². The minimum atomic E-state index is -0.288. The summed E-state index contributed by atoms with van der Waals surface area (Å²) in [5.74, 6) is 1.57. The van der Waals surface area contributed by atoms with Gasteiger partial charge in [-0.05, 0) is 69.6 Å². The largest absolute Gasteiger partial charge is 0.371 e. The first-order valence-corrected chi connectivity index (χ1v) is 11.9. The summed E-state index contributed by atoms with van der Waals surface area (Å²) in [4.78, 5) is 13.1. The van der Waals surface area contributed by atoms with Crippen molar-refractivity contribution in [3.63, 3.8) is 0 Å². The van der Waals surface area contributed by atoms with Crippen LogP contribution in [0.5, 0.6) is 0 Å². The summed E-state index contributed by atoms with van der Waals surface area (Å²) in [6.07, 6.45) is 9.86. The van der Waals surface area contributed by atoms with Gasteiger partial charge in [0.15, 0.2) is 0 Å². The number of hydrogen-bond donors (Lipinski definition) is 1. The average Bonchev–Trinajstić information content (AvgIpc) is 3.17. The van der Waals surface area contributed by atoms with Gasteiger partial charge >= 0.3 is 0 Å². The Morgan fingerprint density at radius 1 is 1.14 bits per heavy atom. The number of benzene rings is 1. The second-order valence-electron chi connectivity index (χ2n) is 10.5. The number of ether oxygens (including phenoxy) is 1. The lowest BCUT2D eigenvalue weighted by Crippen LogP contribution is -2.65. The van der Waals surface area contributed by atoms with Crippen LogP contribution in [0.4, 0.5) is 0 Å². The number of carbonyl (C=O) groups is 1. The number of rotatable bonds is 4. The summed E-state index contributed by atoms with van der Waals surface area (Å²) >= 11 is 6.08. The van der Waals surface area contributed by atoms with Crippen molar-refractivity contribution in [2.24, 2.45) is 17.8 Å². The molecule has 0 unspecified atom stereocenters. The lowest BCUT2D eigenvalue weighted by molar-refractivity contribution is -0.193. The molecule has 0 aromatic heterocycles. The smallest absolute Gasteiger partial charge is 0.223 e. The number of fused-ring (bicyclic) bond motifs is 1. The van der Waals surface area contributed by atoms with Gasteiger partial charge in [0.2, 0.25) is 5.91 Å². The van der Waals surface area contributed by atoms with Gasteiger partial charge in [0.05, 0.1) is 11.7 Å². The summed E-state index contributed by atoms with van der Waals surface area (Å²) in [6, 6.07) is 8.10. The molecule has 4 rings (SSSR count). The van der Waals surface area contributed by atoms with E-state index in [2.05, 4.69) is 38.2 Å². The van der Waals surface area contributed by atoms with Crippen LogP contribution in [0.3, 0.4) is 0 Å². The van der Waals surface area contributed by atoms with E-state index in [0.29, 0.717) is 11.8 Å². The molecule has 3 aliphatic rings. The molecular weight excluding hydrogens is 382 g/mol. The molecule has 1 N–H and O–H groups in total. The highest BCUT2D eigenvalue weighted by molar-refractivity contribution is 6.30. The van der Waals surface area contributed by atoms with Crippen LogP contribution in [0.1, 0.15) is 77.7 Å². The van der Waals surface area contributed by atoms with Gasteiger partial charge in [-0.3, -0.25) is 4.79 Å². The monoisotopic (exact) mass is 417 g/mol. The Morgan fingerprint density at radius 3 is 2.52 bits per heavy atom. The maximum absolute atomic E-state index is 13.1. The second-order valence-corrected chi connectivity index (χ2v) is 10.9. The Labute approximate surface area is 180 Å². The van der Waals surface area contributed by atoms with Crippen LogP contribution in [-0.2, 0) is 16.0 Å². The lowest BCUT2D eigenvalue weighted by Gasteiger charge is -2.56. The standard InChI is InChI=1S/C25H36ClNO2/c1-17-8-13-21-22(14-17)29-24(2,15-18-9-11-20(26)12-10-18)16-25(21,3)27-23(28)19-6-4-5-7-19/h9-12,17,19,21-22H,4-8,13-16H2,1-3H3,(H,27,28)/t17-,21-,22-,24+,25-/m1/s1. The fourth-order valence-corrected chi connectivity index (χ4v) is 6.48. The Morgan fingerprint density at radius 2 is 1.83 bits per heavy atom. The van der Waals surface area contributed by atoms with Crippen molar-refractivity contribution >= 4 is 17.5 Å². The molecule has 1 aromatic rings. The topological polar surface area (TPSA) is 38.3 Å². The third kappa shape index (κ3) is 4.66. The van der Waals surface area contributed by atoms with Crippen LogP contribution >= 0.6 is 11.6 Å². The van der Waals surface area contributed by atoms with Crippen LogP contribution in [0.15, 0.2) is 24.3 Å². The first-order chi connectivity index (χ1) is 13.8. The molecule has 2 aliphatic carbocycles. The predicted molar refractivity (Wildman–Crippen MR) is 118 cm³/mol. The third-order valence-corrected chi connectivity index (χ3v) is 7.93. The van der Waals surface area contributed by atoms with Crippen molar-refractivity contribution in [1.29, 1.82) is 0 Å². The Bertz CT molecular complexity index is 729. The molecule has 3 fully saturated rings. The van der Waals surface area contributed by atoms with E-state index in [-0.39, 0.29) is 29.1 Å². The van der Waals surface area contributed by atoms with E-state index in [9.17, 15) is 4.79 Å². The van der Waals surface area contributed by atoms with Gasteiger partial charge in [0.1, 0.15) is 0 Å². The highest BCUT2D eigenvalue weighted by Gasteiger charge is 2.53. The SMILES string of the molecule is C[C@@H]1CC[C@@H]2[C@@H](C1)O[C@@](C)(Cc1ccc(Cl)cc1)C[C@@]2(C)NC(=O)C1CCCC1. The minimum Gasteiger partial charge on any atom is -0.371 e. The van der Waals surface area contributed by atoms with Gasteiger partial charge in [-0.2, -0.15) is 0 Å². The van der Waals surface area contributed by atoms with Crippen LogP contribution in [0, 0.1) is 17.8 Å². The zero-order valence-electron chi connectivity index (χ0n) is 18.2. The molecule has 1 heterocycles. The van der Waals surface area contributed by atoms with E-state index >= 15 is 0 Å². The van der Waals surface area contributed by atoms with Crippen molar-refractivity contribution in [1.82, 2.24) is 5.32 Å². The maximum Gasteiger partial charge on any atom is 0.223 e.